The minimum Gasteiger partial charge on any atom is -0.490 e. The van der Waals surface area contributed by atoms with Crippen LogP contribution in [-0.4, -0.2) is 33.0 Å². The fraction of sp³-hybridized carbons (Fsp3) is 0.320. The standard InChI is InChI=1S/C25H28BrN5O3S/c1-5-33-19-12-17(11-18(26)22(19)34-13-16-10-8-7-9-14(16)3)21-20(23(27)32)15(4)28-24-29-25(35-6-2)30-31(21)24/h7-12,21H,5-6,13H2,1-4H3,(H2,27,32)(H,28,29,30). The van der Waals surface area contributed by atoms with Gasteiger partial charge < -0.3 is 20.5 Å². The van der Waals surface area contributed by atoms with Gasteiger partial charge in [0.2, 0.25) is 17.0 Å². The number of anilines is 1. The third-order valence-corrected chi connectivity index (χ3v) is 6.96. The van der Waals surface area contributed by atoms with Gasteiger partial charge in [-0.15, -0.1) is 5.10 Å². The van der Waals surface area contributed by atoms with Crippen molar-refractivity contribution >= 4 is 39.5 Å². The van der Waals surface area contributed by atoms with E-state index < -0.39 is 11.9 Å². The number of aryl methyl sites for hydroxylation is 1. The second-order valence-corrected chi connectivity index (χ2v) is 10.1. The summed E-state index contributed by atoms with van der Waals surface area (Å²) >= 11 is 5.19. The number of hydrogen-bond donors (Lipinski definition) is 2. The molecule has 1 aliphatic rings. The van der Waals surface area contributed by atoms with Crippen molar-refractivity contribution < 1.29 is 14.3 Å². The third kappa shape index (κ3) is 5.18. The molecule has 2 aromatic carbocycles. The number of aromatic nitrogens is 3. The SMILES string of the molecule is CCOc1cc(C2C(C(N)=O)=C(C)Nc3nc(SCC)nn32)cc(Br)c1OCc1ccccc1C. The number of halogens is 1. The van der Waals surface area contributed by atoms with E-state index in [9.17, 15) is 4.79 Å². The highest BCUT2D eigenvalue weighted by Gasteiger charge is 2.34. The van der Waals surface area contributed by atoms with Crippen LogP contribution in [-0.2, 0) is 11.4 Å². The number of benzene rings is 2. The average Bonchev–Trinajstić information content (AvgIpc) is 3.20. The molecule has 1 aliphatic heterocycles. The first-order valence-electron chi connectivity index (χ1n) is 11.3. The second-order valence-electron chi connectivity index (χ2n) is 8.00. The van der Waals surface area contributed by atoms with E-state index in [-0.39, 0.29) is 0 Å². The highest BCUT2D eigenvalue weighted by molar-refractivity contribution is 9.10. The number of nitrogens with one attached hydrogen (secondary N) is 1. The largest absolute Gasteiger partial charge is 0.490 e. The van der Waals surface area contributed by atoms with Gasteiger partial charge in [-0.3, -0.25) is 4.79 Å². The van der Waals surface area contributed by atoms with Crippen molar-refractivity contribution in [2.45, 2.75) is 45.5 Å². The van der Waals surface area contributed by atoms with E-state index in [0.29, 0.717) is 51.6 Å². The number of rotatable bonds is 9. The molecule has 3 N–H and O–H groups in total. The first-order valence-corrected chi connectivity index (χ1v) is 13.1. The Morgan fingerprint density at radius 3 is 2.69 bits per heavy atom. The molecule has 0 fully saturated rings. The van der Waals surface area contributed by atoms with Crippen LogP contribution in [0.3, 0.4) is 0 Å². The predicted molar refractivity (Wildman–Crippen MR) is 141 cm³/mol. The van der Waals surface area contributed by atoms with Gasteiger partial charge in [-0.05, 0) is 71.3 Å². The van der Waals surface area contributed by atoms with Crippen LogP contribution in [0.1, 0.15) is 43.5 Å². The molecule has 8 nitrogen and oxygen atoms in total. The fourth-order valence-electron chi connectivity index (χ4n) is 4.02. The van der Waals surface area contributed by atoms with Crippen molar-refractivity contribution in [2.24, 2.45) is 5.73 Å². The molecule has 0 aliphatic carbocycles. The quantitative estimate of drug-likeness (QED) is 0.348. The van der Waals surface area contributed by atoms with Gasteiger partial charge in [-0.2, -0.15) is 4.98 Å². The summed E-state index contributed by atoms with van der Waals surface area (Å²) in [6.45, 7) is 8.67. The van der Waals surface area contributed by atoms with Gasteiger partial charge in [0.25, 0.3) is 0 Å². The lowest BCUT2D eigenvalue weighted by atomic mass is 9.95. The molecule has 3 aromatic rings. The summed E-state index contributed by atoms with van der Waals surface area (Å²) in [5, 5.41) is 8.45. The van der Waals surface area contributed by atoms with Crippen LogP contribution >= 0.6 is 27.7 Å². The van der Waals surface area contributed by atoms with E-state index in [1.54, 1.807) is 4.68 Å². The second kappa shape index (κ2) is 10.7. The van der Waals surface area contributed by atoms with Gasteiger partial charge in [-0.1, -0.05) is 43.0 Å². The number of fused-ring (bicyclic) bond motifs is 1. The monoisotopic (exact) mass is 557 g/mol. The molecule has 2 heterocycles. The topological polar surface area (TPSA) is 104 Å². The van der Waals surface area contributed by atoms with Crippen molar-refractivity contribution in [3.63, 3.8) is 0 Å². The zero-order chi connectivity index (χ0) is 25.1. The number of thioether (sulfide) groups is 1. The van der Waals surface area contributed by atoms with E-state index >= 15 is 0 Å². The van der Waals surface area contributed by atoms with Crippen LogP contribution in [0.4, 0.5) is 5.95 Å². The molecule has 0 spiro atoms. The molecule has 184 valence electrons. The van der Waals surface area contributed by atoms with E-state index in [0.717, 1.165) is 22.4 Å². The molecule has 0 bridgehead atoms. The van der Waals surface area contributed by atoms with Gasteiger partial charge in [0, 0.05) is 5.70 Å². The Labute approximate surface area is 217 Å². The van der Waals surface area contributed by atoms with Crippen molar-refractivity contribution in [3.05, 3.63) is 68.8 Å². The average molecular weight is 559 g/mol. The van der Waals surface area contributed by atoms with Gasteiger partial charge in [0.05, 0.1) is 16.7 Å². The molecule has 35 heavy (non-hydrogen) atoms. The highest BCUT2D eigenvalue weighted by atomic mass is 79.9. The molecule has 4 rings (SSSR count). The predicted octanol–water partition coefficient (Wildman–Crippen LogP) is 5.21. The summed E-state index contributed by atoms with van der Waals surface area (Å²) in [7, 11) is 0. The Morgan fingerprint density at radius 1 is 1.23 bits per heavy atom. The molecule has 1 amide bonds. The van der Waals surface area contributed by atoms with Crippen LogP contribution in [0.2, 0.25) is 0 Å². The minimum absolute atomic E-state index is 0.397. The summed E-state index contributed by atoms with van der Waals surface area (Å²) in [5.41, 5.74) is 9.90. The number of hydrogen-bond acceptors (Lipinski definition) is 7. The van der Waals surface area contributed by atoms with Crippen molar-refractivity contribution in [1.82, 2.24) is 14.8 Å². The number of primary amides is 1. The van der Waals surface area contributed by atoms with Crippen LogP contribution in [0, 0.1) is 6.92 Å². The number of nitrogens with two attached hydrogens (primary N) is 1. The first-order chi connectivity index (χ1) is 16.8. The van der Waals surface area contributed by atoms with E-state index in [2.05, 4.69) is 44.3 Å². The van der Waals surface area contributed by atoms with E-state index in [1.165, 1.54) is 11.8 Å². The summed E-state index contributed by atoms with van der Waals surface area (Å²) in [5.74, 6) is 2.02. The molecule has 0 radical (unpaired) electrons. The van der Waals surface area contributed by atoms with Crippen LogP contribution in [0.5, 0.6) is 11.5 Å². The molecule has 1 atom stereocenters. The normalized spacial score (nSPS) is 14.9. The highest BCUT2D eigenvalue weighted by Crippen LogP contribution is 2.43. The number of carbonyl (C=O) groups excluding carboxylic acids is 1. The molecular formula is C25H28BrN5O3S. The van der Waals surface area contributed by atoms with Crippen LogP contribution in [0.25, 0.3) is 0 Å². The minimum atomic E-state index is -0.566. The Balaban J connectivity index is 1.78. The van der Waals surface area contributed by atoms with Gasteiger partial charge in [0.1, 0.15) is 12.6 Å². The molecule has 0 saturated carbocycles. The molecule has 0 saturated heterocycles. The summed E-state index contributed by atoms with van der Waals surface area (Å²) in [6.07, 6.45) is 0. The maximum absolute atomic E-state index is 12.5. The summed E-state index contributed by atoms with van der Waals surface area (Å²) in [6, 6.07) is 11.3. The van der Waals surface area contributed by atoms with Gasteiger partial charge in [-0.25, -0.2) is 4.68 Å². The lowest BCUT2D eigenvalue weighted by Gasteiger charge is -2.28. The summed E-state index contributed by atoms with van der Waals surface area (Å²) < 4.78 is 14.6. The summed E-state index contributed by atoms with van der Waals surface area (Å²) in [4.78, 5) is 17.1. The van der Waals surface area contributed by atoms with Gasteiger partial charge >= 0.3 is 0 Å². The van der Waals surface area contributed by atoms with Crippen molar-refractivity contribution in [2.75, 3.05) is 17.7 Å². The zero-order valence-electron chi connectivity index (χ0n) is 20.1. The number of ether oxygens (including phenoxy) is 2. The lowest BCUT2D eigenvalue weighted by Crippen LogP contribution is -2.32. The Bertz CT molecular complexity index is 1290. The van der Waals surface area contributed by atoms with E-state index in [1.807, 2.05) is 51.1 Å². The first kappa shape index (κ1) is 25.1. The Morgan fingerprint density at radius 2 is 2.00 bits per heavy atom. The smallest absolute Gasteiger partial charge is 0.248 e. The Hall–Kier alpha value is -2.98. The number of carbonyl (C=O) groups is 1. The molecular weight excluding hydrogens is 530 g/mol. The Kier molecular flexibility index (Phi) is 7.71. The molecule has 1 unspecified atom stereocenters. The number of allylic oxidation sites excluding steroid dienone is 1. The lowest BCUT2D eigenvalue weighted by molar-refractivity contribution is -0.115. The number of amides is 1. The maximum atomic E-state index is 12.5. The maximum Gasteiger partial charge on any atom is 0.248 e. The zero-order valence-corrected chi connectivity index (χ0v) is 22.5. The molecule has 10 heteroatoms. The van der Waals surface area contributed by atoms with Crippen molar-refractivity contribution in [1.29, 1.82) is 0 Å². The number of nitrogens with zero attached hydrogens (tertiary/aromatic N) is 3. The van der Waals surface area contributed by atoms with E-state index in [4.69, 9.17) is 15.2 Å². The van der Waals surface area contributed by atoms with Crippen LogP contribution < -0.4 is 20.5 Å². The molecule has 1 aromatic heterocycles. The fourth-order valence-corrected chi connectivity index (χ4v) is 5.15. The van der Waals surface area contributed by atoms with Gasteiger partial charge in [0.15, 0.2) is 11.5 Å². The van der Waals surface area contributed by atoms with Crippen LogP contribution in [0.15, 0.2) is 57.3 Å². The third-order valence-electron chi connectivity index (χ3n) is 5.65. The van der Waals surface area contributed by atoms with Crippen molar-refractivity contribution in [3.8, 4) is 11.5 Å².